The summed E-state index contributed by atoms with van der Waals surface area (Å²) in [6.45, 7) is 6.27. The maximum Gasteiger partial charge on any atom is 0.161 e. The molecule has 1 N–H and O–H groups in total. The summed E-state index contributed by atoms with van der Waals surface area (Å²) in [6.07, 6.45) is 0.996. The lowest BCUT2D eigenvalue weighted by atomic mass is 10.0. The van der Waals surface area contributed by atoms with Crippen LogP contribution in [-0.4, -0.2) is 37.1 Å². The molecule has 2 heterocycles. The van der Waals surface area contributed by atoms with E-state index in [0.29, 0.717) is 13.2 Å². The highest BCUT2D eigenvalue weighted by Gasteiger charge is 2.19. The number of ether oxygens (including phenoxy) is 2. The molecule has 1 aromatic carbocycles. The predicted molar refractivity (Wildman–Crippen MR) is 99.6 cm³/mol. The van der Waals surface area contributed by atoms with Gasteiger partial charge in [0, 0.05) is 39.3 Å². The van der Waals surface area contributed by atoms with Gasteiger partial charge in [0.15, 0.2) is 11.5 Å². The number of anilines is 1. The second-order valence-corrected chi connectivity index (χ2v) is 6.65. The lowest BCUT2D eigenvalue weighted by Crippen LogP contribution is -2.23. The van der Waals surface area contributed by atoms with Gasteiger partial charge in [-0.05, 0) is 31.0 Å². The highest BCUT2D eigenvalue weighted by molar-refractivity contribution is 5.49. The van der Waals surface area contributed by atoms with Gasteiger partial charge in [-0.3, -0.25) is 4.68 Å². The van der Waals surface area contributed by atoms with Crippen LogP contribution in [0, 0.1) is 6.92 Å². The molecule has 1 aromatic heterocycles. The van der Waals surface area contributed by atoms with Crippen LogP contribution < -0.4 is 19.7 Å². The standard InChI is InChI=1S/C19H28N4O2/c1-6-16(14-7-8-17-18(11-14)25-10-9-24-17)20-12-15-13(2)21-23(5)19(15)22(3)4/h7-8,11,16,20H,6,9-10,12H2,1-5H3. The second-order valence-electron chi connectivity index (χ2n) is 6.65. The summed E-state index contributed by atoms with van der Waals surface area (Å²) < 4.78 is 13.3. The third-order valence-corrected chi connectivity index (χ3v) is 4.64. The van der Waals surface area contributed by atoms with Gasteiger partial charge in [0.1, 0.15) is 19.0 Å². The fraction of sp³-hybridized carbons (Fsp3) is 0.526. The lowest BCUT2D eigenvalue weighted by Gasteiger charge is -2.23. The first kappa shape index (κ1) is 17.6. The maximum atomic E-state index is 5.72. The fourth-order valence-corrected chi connectivity index (χ4v) is 3.46. The van der Waals surface area contributed by atoms with E-state index in [-0.39, 0.29) is 6.04 Å². The molecule has 0 saturated carbocycles. The topological polar surface area (TPSA) is 51.6 Å². The molecule has 1 aliphatic rings. The van der Waals surface area contributed by atoms with Crippen molar-refractivity contribution in [3.8, 4) is 11.5 Å². The molecule has 0 amide bonds. The van der Waals surface area contributed by atoms with Crippen molar-refractivity contribution in [1.82, 2.24) is 15.1 Å². The van der Waals surface area contributed by atoms with E-state index in [2.05, 4.69) is 55.4 Å². The van der Waals surface area contributed by atoms with Crippen LogP contribution in [0.5, 0.6) is 11.5 Å². The summed E-state index contributed by atoms with van der Waals surface area (Å²) in [6, 6.07) is 6.48. The minimum atomic E-state index is 0.255. The highest BCUT2D eigenvalue weighted by Crippen LogP contribution is 2.33. The van der Waals surface area contributed by atoms with Crippen LogP contribution in [0.4, 0.5) is 5.82 Å². The van der Waals surface area contributed by atoms with Gasteiger partial charge < -0.3 is 19.7 Å². The zero-order valence-electron chi connectivity index (χ0n) is 15.8. The van der Waals surface area contributed by atoms with E-state index in [9.17, 15) is 0 Å². The van der Waals surface area contributed by atoms with Crippen LogP contribution in [0.25, 0.3) is 0 Å². The molecule has 0 fully saturated rings. The molecule has 25 heavy (non-hydrogen) atoms. The lowest BCUT2D eigenvalue weighted by molar-refractivity contribution is 0.171. The highest BCUT2D eigenvalue weighted by atomic mass is 16.6. The average molecular weight is 344 g/mol. The van der Waals surface area contributed by atoms with Crippen molar-refractivity contribution < 1.29 is 9.47 Å². The van der Waals surface area contributed by atoms with Crippen LogP contribution in [0.3, 0.4) is 0 Å². The van der Waals surface area contributed by atoms with Crippen molar-refractivity contribution in [1.29, 1.82) is 0 Å². The van der Waals surface area contributed by atoms with Gasteiger partial charge in [-0.1, -0.05) is 13.0 Å². The minimum absolute atomic E-state index is 0.255. The number of hydrogen-bond acceptors (Lipinski definition) is 5. The van der Waals surface area contributed by atoms with Gasteiger partial charge in [-0.15, -0.1) is 0 Å². The van der Waals surface area contributed by atoms with Crippen molar-refractivity contribution in [2.75, 3.05) is 32.2 Å². The summed E-state index contributed by atoms with van der Waals surface area (Å²) in [7, 11) is 6.10. The minimum Gasteiger partial charge on any atom is -0.486 e. The predicted octanol–water partition coefficient (Wildman–Crippen LogP) is 2.81. The first-order valence-corrected chi connectivity index (χ1v) is 8.84. The number of benzene rings is 1. The maximum absolute atomic E-state index is 5.72. The Balaban J connectivity index is 1.78. The van der Waals surface area contributed by atoms with Crippen LogP contribution in [0.15, 0.2) is 18.2 Å². The Labute approximate surface area is 149 Å². The van der Waals surface area contributed by atoms with E-state index in [1.54, 1.807) is 0 Å². The van der Waals surface area contributed by atoms with Gasteiger partial charge in [0.25, 0.3) is 0 Å². The Morgan fingerprint density at radius 2 is 1.96 bits per heavy atom. The molecule has 0 aliphatic carbocycles. The van der Waals surface area contributed by atoms with E-state index in [1.165, 1.54) is 11.1 Å². The first-order valence-electron chi connectivity index (χ1n) is 8.84. The molecule has 2 aromatic rings. The molecule has 1 aliphatic heterocycles. The number of aromatic nitrogens is 2. The summed E-state index contributed by atoms with van der Waals surface area (Å²) in [5, 5.41) is 8.25. The number of rotatable bonds is 6. The quantitative estimate of drug-likeness (QED) is 0.873. The summed E-state index contributed by atoms with van der Waals surface area (Å²) in [4.78, 5) is 2.11. The average Bonchev–Trinajstić information content (AvgIpc) is 2.89. The third-order valence-electron chi connectivity index (χ3n) is 4.64. The fourth-order valence-electron chi connectivity index (χ4n) is 3.46. The molecule has 136 valence electrons. The van der Waals surface area contributed by atoms with E-state index in [1.807, 2.05) is 17.8 Å². The van der Waals surface area contributed by atoms with E-state index < -0.39 is 0 Å². The van der Waals surface area contributed by atoms with Crippen molar-refractivity contribution in [2.24, 2.45) is 7.05 Å². The molecule has 3 rings (SSSR count). The second kappa shape index (κ2) is 7.35. The molecule has 1 unspecified atom stereocenters. The van der Waals surface area contributed by atoms with Crippen LogP contribution in [0.2, 0.25) is 0 Å². The van der Waals surface area contributed by atoms with Crippen molar-refractivity contribution in [3.63, 3.8) is 0 Å². The number of fused-ring (bicyclic) bond motifs is 1. The molecule has 6 nitrogen and oxygen atoms in total. The number of nitrogens with zero attached hydrogens (tertiary/aromatic N) is 3. The summed E-state index contributed by atoms with van der Waals surface area (Å²) in [5.74, 6) is 2.82. The van der Waals surface area contributed by atoms with Crippen LogP contribution >= 0.6 is 0 Å². The van der Waals surface area contributed by atoms with E-state index in [4.69, 9.17) is 9.47 Å². The molecular formula is C19H28N4O2. The monoisotopic (exact) mass is 344 g/mol. The SMILES string of the molecule is CCC(NCc1c(C)nn(C)c1N(C)C)c1ccc2c(c1)OCCO2. The molecule has 6 heteroatoms. The molecule has 0 spiro atoms. The van der Waals surface area contributed by atoms with Gasteiger partial charge in [-0.2, -0.15) is 5.10 Å². The van der Waals surface area contributed by atoms with Gasteiger partial charge in [-0.25, -0.2) is 0 Å². The molecule has 0 radical (unpaired) electrons. The van der Waals surface area contributed by atoms with Gasteiger partial charge >= 0.3 is 0 Å². The molecule has 0 saturated heterocycles. The van der Waals surface area contributed by atoms with Crippen molar-refractivity contribution in [3.05, 3.63) is 35.0 Å². The van der Waals surface area contributed by atoms with Crippen molar-refractivity contribution in [2.45, 2.75) is 32.9 Å². The largest absolute Gasteiger partial charge is 0.486 e. The molecular weight excluding hydrogens is 316 g/mol. The van der Waals surface area contributed by atoms with E-state index in [0.717, 1.165) is 36.0 Å². The normalized spacial score (nSPS) is 14.4. The first-order chi connectivity index (χ1) is 12.0. The molecule has 0 bridgehead atoms. The Bertz CT molecular complexity index is 739. The number of aryl methyl sites for hydroxylation is 2. The molecule has 1 atom stereocenters. The van der Waals surface area contributed by atoms with E-state index >= 15 is 0 Å². The van der Waals surface area contributed by atoms with Crippen LogP contribution in [0.1, 0.15) is 36.2 Å². The van der Waals surface area contributed by atoms with Crippen molar-refractivity contribution >= 4 is 5.82 Å². The Morgan fingerprint density at radius 3 is 2.64 bits per heavy atom. The summed E-state index contributed by atoms with van der Waals surface area (Å²) in [5.41, 5.74) is 3.53. The number of hydrogen-bond donors (Lipinski definition) is 1. The smallest absolute Gasteiger partial charge is 0.161 e. The zero-order chi connectivity index (χ0) is 18.0. The Kier molecular flexibility index (Phi) is 5.18. The summed E-state index contributed by atoms with van der Waals surface area (Å²) >= 11 is 0. The van der Waals surface area contributed by atoms with Gasteiger partial charge in [0.2, 0.25) is 0 Å². The Morgan fingerprint density at radius 1 is 1.24 bits per heavy atom. The third kappa shape index (κ3) is 3.58. The van der Waals surface area contributed by atoms with Crippen LogP contribution in [-0.2, 0) is 13.6 Å². The zero-order valence-corrected chi connectivity index (χ0v) is 15.8. The van der Waals surface area contributed by atoms with Gasteiger partial charge in [0.05, 0.1) is 5.69 Å². The Hall–Kier alpha value is -2.21. The number of nitrogens with one attached hydrogen (secondary N) is 1.